The molecule has 1 aliphatic heterocycles. The van der Waals surface area contributed by atoms with Crippen LogP contribution in [0.3, 0.4) is 0 Å². The highest BCUT2D eigenvalue weighted by atomic mass is 35.5. The molecule has 3 aromatic rings. The number of aryl methyl sites for hydroxylation is 2. The first kappa shape index (κ1) is 30.3. The van der Waals surface area contributed by atoms with Crippen molar-refractivity contribution in [1.29, 1.82) is 0 Å². The summed E-state index contributed by atoms with van der Waals surface area (Å²) in [6, 6.07) is 16.4. The smallest absolute Gasteiger partial charge is 0.368 e. The molecule has 3 atom stereocenters. The number of hydrogen-bond acceptors (Lipinski definition) is 7. The number of carbonyl (C=O) groups is 1. The third-order valence-corrected chi connectivity index (χ3v) is 8.73. The Morgan fingerprint density at radius 3 is 2.48 bits per heavy atom. The number of rotatable bonds is 9. The van der Waals surface area contributed by atoms with E-state index in [-0.39, 0.29) is 18.4 Å². The number of halogens is 1. The van der Waals surface area contributed by atoms with E-state index in [0.29, 0.717) is 36.0 Å². The first-order valence-corrected chi connectivity index (χ1v) is 15.5. The second kappa shape index (κ2) is 12.9. The van der Waals surface area contributed by atoms with E-state index in [2.05, 4.69) is 19.9 Å². The fourth-order valence-corrected chi connectivity index (χ4v) is 6.41. The Bertz CT molecular complexity index is 1400. The number of nitrogens with two attached hydrogens (primary N) is 1. The molecule has 0 bridgehead atoms. The summed E-state index contributed by atoms with van der Waals surface area (Å²) in [6.07, 6.45) is 0.745. The van der Waals surface area contributed by atoms with Crippen molar-refractivity contribution in [3.63, 3.8) is 0 Å². The van der Waals surface area contributed by atoms with E-state index in [1.54, 1.807) is 13.0 Å². The minimum Gasteiger partial charge on any atom is -0.481 e. The number of ether oxygens (including phenoxy) is 2. The van der Waals surface area contributed by atoms with Gasteiger partial charge in [0.25, 0.3) is 0 Å². The normalized spacial score (nSPS) is 19.9. The van der Waals surface area contributed by atoms with Crippen molar-refractivity contribution in [3.8, 4) is 11.5 Å². The molecule has 7 nitrogen and oxygen atoms in total. The summed E-state index contributed by atoms with van der Waals surface area (Å²) in [4.78, 5) is 12.1. The lowest BCUT2D eigenvalue weighted by Crippen LogP contribution is -2.31. The molecule has 1 aliphatic rings. The zero-order valence-electron chi connectivity index (χ0n) is 23.6. The van der Waals surface area contributed by atoms with Gasteiger partial charge in [-0.25, -0.2) is 4.79 Å². The summed E-state index contributed by atoms with van der Waals surface area (Å²) in [5, 5.41) is 0.603. The molecule has 0 spiro atoms. The van der Waals surface area contributed by atoms with Crippen LogP contribution in [-0.2, 0) is 24.8 Å². The van der Waals surface area contributed by atoms with Gasteiger partial charge in [-0.1, -0.05) is 49.7 Å². The molecule has 1 unspecified atom stereocenters. The first-order valence-electron chi connectivity index (χ1n) is 13.4. The summed E-state index contributed by atoms with van der Waals surface area (Å²) in [6.45, 7) is 10.1. The quantitative estimate of drug-likeness (QED) is 0.157. The SMILES string of the molecule is Cc1cc(OCP2(=O)OCC[C@@H](c3cccc(Cl)c3)O2)cc(C)c1Cc1ccc(OC(=O)[C@H](C)N)c(C(C)C)c1. The van der Waals surface area contributed by atoms with Gasteiger partial charge in [-0.3, -0.25) is 9.09 Å². The van der Waals surface area contributed by atoms with Crippen molar-refractivity contribution >= 4 is 25.2 Å². The Kier molecular flexibility index (Phi) is 9.76. The molecule has 40 heavy (non-hydrogen) atoms. The van der Waals surface area contributed by atoms with Crippen molar-refractivity contribution in [3.05, 3.63) is 93.0 Å². The minimum absolute atomic E-state index is 0.166. The van der Waals surface area contributed by atoms with Gasteiger partial charge in [-0.15, -0.1) is 0 Å². The highest BCUT2D eigenvalue weighted by Gasteiger charge is 2.35. The third kappa shape index (κ3) is 7.54. The lowest BCUT2D eigenvalue weighted by molar-refractivity contribution is -0.135. The van der Waals surface area contributed by atoms with Crippen LogP contribution in [0, 0.1) is 13.8 Å². The van der Waals surface area contributed by atoms with Crippen LogP contribution < -0.4 is 15.2 Å². The van der Waals surface area contributed by atoms with Crippen LogP contribution in [0.15, 0.2) is 54.6 Å². The summed E-state index contributed by atoms with van der Waals surface area (Å²) in [7, 11) is -3.46. The molecule has 0 amide bonds. The van der Waals surface area contributed by atoms with E-state index in [1.165, 1.54) is 5.56 Å². The minimum atomic E-state index is -3.46. The Morgan fingerprint density at radius 2 is 1.82 bits per heavy atom. The molecule has 0 aromatic heterocycles. The topological polar surface area (TPSA) is 97.1 Å². The van der Waals surface area contributed by atoms with Crippen molar-refractivity contribution < 1.29 is 27.9 Å². The fraction of sp³-hybridized carbons (Fsp3) is 0.387. The Hall–Kier alpha value is -2.67. The van der Waals surface area contributed by atoms with E-state index in [1.807, 2.05) is 56.3 Å². The maximum Gasteiger partial charge on any atom is 0.368 e. The number of hydrogen-bond donors (Lipinski definition) is 1. The van der Waals surface area contributed by atoms with Crippen LogP contribution in [0.5, 0.6) is 11.5 Å². The van der Waals surface area contributed by atoms with Gasteiger partial charge in [-0.2, -0.15) is 0 Å². The van der Waals surface area contributed by atoms with Crippen LogP contribution in [0.4, 0.5) is 0 Å². The lowest BCUT2D eigenvalue weighted by atomic mass is 9.93. The van der Waals surface area contributed by atoms with E-state index in [0.717, 1.165) is 27.8 Å². The molecule has 1 heterocycles. The van der Waals surface area contributed by atoms with Crippen LogP contribution in [-0.4, -0.2) is 25.0 Å². The van der Waals surface area contributed by atoms with Crippen molar-refractivity contribution in [2.75, 3.05) is 13.0 Å². The zero-order valence-corrected chi connectivity index (χ0v) is 25.3. The van der Waals surface area contributed by atoms with Crippen molar-refractivity contribution in [2.45, 2.75) is 65.5 Å². The van der Waals surface area contributed by atoms with Gasteiger partial charge in [0.2, 0.25) is 0 Å². The highest BCUT2D eigenvalue weighted by Crippen LogP contribution is 2.56. The predicted octanol–water partition coefficient (Wildman–Crippen LogP) is 7.63. The largest absolute Gasteiger partial charge is 0.481 e. The Balaban J connectivity index is 1.45. The van der Waals surface area contributed by atoms with Crippen LogP contribution in [0.2, 0.25) is 5.02 Å². The molecule has 0 radical (unpaired) electrons. The first-order chi connectivity index (χ1) is 18.9. The second-order valence-electron chi connectivity index (χ2n) is 10.6. The molecule has 0 saturated carbocycles. The zero-order chi connectivity index (χ0) is 29.0. The maximum absolute atomic E-state index is 13.3. The van der Waals surface area contributed by atoms with Gasteiger partial charge in [0.15, 0.2) is 6.35 Å². The van der Waals surface area contributed by atoms with Gasteiger partial charge >= 0.3 is 13.6 Å². The Morgan fingerprint density at radius 1 is 1.10 bits per heavy atom. The van der Waals surface area contributed by atoms with Gasteiger partial charge < -0.3 is 19.7 Å². The van der Waals surface area contributed by atoms with Crippen LogP contribution in [0.25, 0.3) is 0 Å². The second-order valence-corrected chi connectivity index (χ2v) is 13.0. The highest BCUT2D eigenvalue weighted by molar-refractivity contribution is 7.53. The van der Waals surface area contributed by atoms with Gasteiger partial charge in [0.1, 0.15) is 17.5 Å². The monoisotopic (exact) mass is 585 g/mol. The van der Waals surface area contributed by atoms with Crippen molar-refractivity contribution in [1.82, 2.24) is 0 Å². The molecule has 3 aromatic carbocycles. The van der Waals surface area contributed by atoms with E-state index in [9.17, 15) is 9.36 Å². The van der Waals surface area contributed by atoms with Crippen LogP contribution >= 0.6 is 19.2 Å². The van der Waals surface area contributed by atoms with Crippen LogP contribution in [0.1, 0.15) is 72.6 Å². The van der Waals surface area contributed by atoms with Gasteiger partial charge in [0.05, 0.1) is 12.7 Å². The molecular weight excluding hydrogens is 549 g/mol. The molecule has 1 saturated heterocycles. The number of benzene rings is 3. The molecule has 2 N–H and O–H groups in total. The van der Waals surface area contributed by atoms with E-state index < -0.39 is 19.6 Å². The summed E-state index contributed by atoms with van der Waals surface area (Å²) in [5.74, 6) is 0.854. The summed E-state index contributed by atoms with van der Waals surface area (Å²) >= 11 is 6.12. The molecule has 9 heteroatoms. The molecule has 4 rings (SSSR count). The molecular formula is C31H37ClNO6P. The fourth-order valence-electron chi connectivity index (χ4n) is 4.70. The van der Waals surface area contributed by atoms with E-state index in [4.69, 9.17) is 35.9 Å². The van der Waals surface area contributed by atoms with Gasteiger partial charge in [0, 0.05) is 11.4 Å². The third-order valence-electron chi connectivity index (χ3n) is 6.89. The summed E-state index contributed by atoms with van der Waals surface area (Å²) < 4.78 is 36.2. The average molecular weight is 586 g/mol. The lowest BCUT2D eigenvalue weighted by Gasteiger charge is -2.30. The Labute approximate surface area is 241 Å². The summed E-state index contributed by atoms with van der Waals surface area (Å²) in [5.41, 5.74) is 11.9. The maximum atomic E-state index is 13.3. The molecule has 0 aliphatic carbocycles. The van der Waals surface area contributed by atoms with Gasteiger partial charge in [-0.05, 0) is 96.8 Å². The average Bonchev–Trinajstić information content (AvgIpc) is 2.90. The van der Waals surface area contributed by atoms with Crippen molar-refractivity contribution in [2.24, 2.45) is 5.73 Å². The predicted molar refractivity (Wildman–Crippen MR) is 157 cm³/mol. The standard InChI is InChI=1S/C31H37ClNO6P/c1-19(2)27-15-23(9-10-30(27)38-31(34)22(5)33)16-28-20(3)13-26(14-21(28)4)36-18-40(35)37-12-11-29(39-40)24-7-6-8-25(32)17-24/h6-10,13-15,17,19,22,29H,11-12,16,18,33H2,1-5H3/t22-,29-,40?/m0/s1. The van der Waals surface area contributed by atoms with E-state index >= 15 is 0 Å². The number of carbonyl (C=O) groups excluding carboxylic acids is 1. The number of esters is 1. The molecule has 1 fully saturated rings. The molecule has 214 valence electrons.